The molecule has 1 spiro atoms. The van der Waals surface area contributed by atoms with Crippen LogP contribution in [0.4, 0.5) is 0 Å². The van der Waals surface area contributed by atoms with Gasteiger partial charge in [0.05, 0.1) is 22.7 Å². The quantitative estimate of drug-likeness (QED) is 0.197. The third-order valence-corrected chi connectivity index (χ3v) is 10.6. The molecule has 0 saturated heterocycles. The van der Waals surface area contributed by atoms with E-state index >= 15 is 0 Å². The van der Waals surface area contributed by atoms with Crippen LogP contribution in [0.25, 0.3) is 66.5 Å². The molecule has 0 amide bonds. The molecule has 0 fully saturated rings. The average Bonchev–Trinajstić information content (AvgIpc) is 3.65. The predicted octanol–water partition coefficient (Wildman–Crippen LogP) is 11.5. The van der Waals surface area contributed by atoms with Gasteiger partial charge in [-0.05, 0) is 108 Å². The van der Waals surface area contributed by atoms with Gasteiger partial charge in [-0.1, -0.05) is 133 Å². The fourth-order valence-corrected chi connectivity index (χ4v) is 8.55. The molecule has 1 heterocycles. The summed E-state index contributed by atoms with van der Waals surface area (Å²) >= 11 is 0. The van der Waals surface area contributed by atoms with Gasteiger partial charge >= 0.3 is 0 Å². The summed E-state index contributed by atoms with van der Waals surface area (Å²) in [5.74, 6) is 0. The molecule has 1 aromatic heterocycles. The van der Waals surface area contributed by atoms with Crippen LogP contribution < -0.4 is 0 Å². The normalized spacial score (nSPS) is 13.0. The summed E-state index contributed by atoms with van der Waals surface area (Å²) in [7, 11) is 0. The molecule has 0 aliphatic heterocycles. The minimum atomic E-state index is -0.484. The molecule has 0 saturated carbocycles. The Kier molecular flexibility index (Phi) is 5.89. The molecule has 2 nitrogen and oxygen atoms in total. The van der Waals surface area contributed by atoms with Crippen molar-refractivity contribution in [3.05, 3.63) is 198 Å². The minimum absolute atomic E-state index is 0.484. The molecule has 0 N–H and O–H groups in total. The number of nitrogens with zero attached hydrogens (tertiary/aromatic N) is 2. The Morgan fingerprint density at radius 2 is 1.08 bits per heavy atom. The maximum atomic E-state index is 9.52. The number of rotatable bonds is 3. The van der Waals surface area contributed by atoms with Crippen LogP contribution in [-0.4, -0.2) is 4.98 Å². The van der Waals surface area contributed by atoms with Gasteiger partial charge in [0, 0.05) is 11.8 Å². The van der Waals surface area contributed by atoms with Gasteiger partial charge in [0.15, 0.2) is 0 Å². The Bertz CT molecular complexity index is 2630. The summed E-state index contributed by atoms with van der Waals surface area (Å²) in [6.45, 7) is 0. The van der Waals surface area contributed by atoms with Crippen molar-refractivity contribution in [1.82, 2.24) is 4.98 Å². The van der Waals surface area contributed by atoms with Crippen molar-refractivity contribution in [2.45, 2.75) is 5.41 Å². The van der Waals surface area contributed by atoms with Crippen LogP contribution in [0.15, 0.2) is 170 Å². The third-order valence-electron chi connectivity index (χ3n) is 10.6. The molecule has 0 unspecified atom stereocenters. The lowest BCUT2D eigenvalue weighted by molar-refractivity contribution is 0.795. The van der Waals surface area contributed by atoms with E-state index in [-0.39, 0.29) is 0 Å². The molecule has 2 aliphatic rings. The molecule has 0 radical (unpaired) electrons. The molecule has 8 aromatic rings. The van der Waals surface area contributed by atoms with Crippen LogP contribution in [0, 0.1) is 11.3 Å². The smallest absolute Gasteiger partial charge is 0.0992 e. The Morgan fingerprint density at radius 1 is 0.429 bits per heavy atom. The zero-order valence-electron chi connectivity index (χ0n) is 26.6. The van der Waals surface area contributed by atoms with E-state index < -0.39 is 5.41 Å². The fourth-order valence-electron chi connectivity index (χ4n) is 8.55. The highest BCUT2D eigenvalue weighted by Crippen LogP contribution is 2.64. The lowest BCUT2D eigenvalue weighted by Gasteiger charge is -2.31. The first-order chi connectivity index (χ1) is 24.3. The fraction of sp³-hybridized carbons (Fsp3) is 0.0213. The van der Waals surface area contributed by atoms with Gasteiger partial charge in [-0.25, -0.2) is 0 Å². The monoisotopic (exact) mass is 620 g/mol. The lowest BCUT2D eigenvalue weighted by Crippen LogP contribution is -2.26. The van der Waals surface area contributed by atoms with E-state index in [1.54, 1.807) is 12.3 Å². The summed E-state index contributed by atoms with van der Waals surface area (Å²) in [5.41, 5.74) is 17.1. The highest BCUT2D eigenvalue weighted by Gasteiger charge is 2.52. The van der Waals surface area contributed by atoms with E-state index in [4.69, 9.17) is 0 Å². The van der Waals surface area contributed by atoms with Gasteiger partial charge in [-0.3, -0.25) is 4.98 Å². The van der Waals surface area contributed by atoms with Crippen molar-refractivity contribution in [2.75, 3.05) is 0 Å². The first kappa shape index (κ1) is 27.5. The van der Waals surface area contributed by atoms with E-state index in [2.05, 4.69) is 163 Å². The van der Waals surface area contributed by atoms with E-state index in [0.717, 1.165) is 22.4 Å². The van der Waals surface area contributed by atoms with Crippen LogP contribution in [0.3, 0.4) is 0 Å². The molecule has 10 rings (SSSR count). The third kappa shape index (κ3) is 3.85. The van der Waals surface area contributed by atoms with Gasteiger partial charge in [0.1, 0.15) is 0 Å². The molecular weight excluding hydrogens is 593 g/mol. The van der Waals surface area contributed by atoms with Gasteiger partial charge in [0.25, 0.3) is 0 Å². The van der Waals surface area contributed by atoms with Gasteiger partial charge in [-0.2, -0.15) is 5.26 Å². The van der Waals surface area contributed by atoms with E-state index in [1.807, 2.05) is 6.07 Å². The largest absolute Gasteiger partial charge is 0.256 e. The number of nitriles is 1. The molecule has 2 aliphatic carbocycles. The van der Waals surface area contributed by atoms with Crippen LogP contribution in [0.5, 0.6) is 0 Å². The van der Waals surface area contributed by atoms with E-state index in [9.17, 15) is 5.26 Å². The predicted molar refractivity (Wildman–Crippen MR) is 199 cm³/mol. The number of benzene rings is 7. The number of fused-ring (bicyclic) bond motifs is 12. The molecule has 0 bridgehead atoms. The Hall–Kier alpha value is -6.56. The van der Waals surface area contributed by atoms with Crippen molar-refractivity contribution in [1.29, 1.82) is 5.26 Å². The number of aromatic nitrogens is 1. The second-order valence-corrected chi connectivity index (χ2v) is 13.0. The van der Waals surface area contributed by atoms with E-state index in [0.29, 0.717) is 5.56 Å². The topological polar surface area (TPSA) is 36.7 Å². The summed E-state index contributed by atoms with van der Waals surface area (Å²) in [6, 6.07) is 61.6. The molecule has 49 heavy (non-hydrogen) atoms. The molecule has 2 heteroatoms. The SMILES string of the molecule is N#Cc1ccnc(-c2cccc(-c3ccc4c(c3)C3(c5ccccc5-c5ccccc53)c3cc(-c5ccccc5)c5ccccc5c3-4)c2)c1. The Labute approximate surface area is 285 Å². The van der Waals surface area contributed by atoms with Crippen molar-refractivity contribution in [3.8, 4) is 61.8 Å². The van der Waals surface area contributed by atoms with Crippen LogP contribution in [0.1, 0.15) is 27.8 Å². The number of hydrogen-bond acceptors (Lipinski definition) is 2. The first-order valence-corrected chi connectivity index (χ1v) is 16.7. The number of pyridine rings is 1. The maximum absolute atomic E-state index is 9.52. The van der Waals surface area contributed by atoms with Crippen LogP contribution in [0.2, 0.25) is 0 Å². The van der Waals surface area contributed by atoms with Crippen LogP contribution >= 0.6 is 0 Å². The van der Waals surface area contributed by atoms with E-state index in [1.165, 1.54) is 66.4 Å². The van der Waals surface area contributed by atoms with Gasteiger partial charge in [-0.15, -0.1) is 0 Å². The van der Waals surface area contributed by atoms with Crippen molar-refractivity contribution >= 4 is 10.8 Å². The summed E-state index contributed by atoms with van der Waals surface area (Å²) in [4.78, 5) is 4.60. The number of hydrogen-bond donors (Lipinski definition) is 0. The Balaban J connectivity index is 1.29. The molecule has 226 valence electrons. The van der Waals surface area contributed by atoms with Crippen molar-refractivity contribution < 1.29 is 0 Å². The van der Waals surface area contributed by atoms with Crippen LogP contribution in [-0.2, 0) is 5.41 Å². The van der Waals surface area contributed by atoms with Crippen molar-refractivity contribution in [2.24, 2.45) is 0 Å². The lowest BCUT2D eigenvalue weighted by atomic mass is 9.69. The first-order valence-electron chi connectivity index (χ1n) is 16.7. The molecular formula is C47H28N2. The van der Waals surface area contributed by atoms with Gasteiger partial charge < -0.3 is 0 Å². The standard InChI is InChI=1S/C47H28N2/c48-29-30-23-24-49-45(25-30)34-14-10-13-32(26-34)33-21-22-39-43(27-33)47(41-19-8-6-16-36(41)37-17-7-9-20-42(37)47)44-28-40(31-11-2-1-3-12-31)35-15-4-5-18-38(35)46(39)44/h1-28H. The summed E-state index contributed by atoms with van der Waals surface area (Å²) in [5, 5.41) is 12.1. The zero-order valence-corrected chi connectivity index (χ0v) is 26.6. The second kappa shape index (κ2) is 10.5. The minimum Gasteiger partial charge on any atom is -0.256 e. The maximum Gasteiger partial charge on any atom is 0.0992 e. The Morgan fingerprint density at radius 3 is 1.86 bits per heavy atom. The molecule has 7 aromatic carbocycles. The average molecular weight is 621 g/mol. The highest BCUT2D eigenvalue weighted by atomic mass is 14.7. The zero-order chi connectivity index (χ0) is 32.5. The highest BCUT2D eigenvalue weighted by molar-refractivity contribution is 6.11. The molecule has 0 atom stereocenters. The van der Waals surface area contributed by atoms with Crippen molar-refractivity contribution in [3.63, 3.8) is 0 Å². The summed E-state index contributed by atoms with van der Waals surface area (Å²) in [6.07, 6.45) is 1.71. The second-order valence-electron chi connectivity index (χ2n) is 13.0. The van der Waals surface area contributed by atoms with Gasteiger partial charge in [0.2, 0.25) is 0 Å². The summed E-state index contributed by atoms with van der Waals surface area (Å²) < 4.78 is 0.